The van der Waals surface area contributed by atoms with Crippen molar-refractivity contribution >= 4 is 39.1 Å². The Morgan fingerprint density at radius 1 is 1.15 bits per heavy atom. The number of halogens is 1. The van der Waals surface area contributed by atoms with E-state index >= 15 is 0 Å². The largest absolute Gasteiger partial charge is 0.494 e. The lowest BCUT2D eigenvalue weighted by atomic mass is 9.93. The molecule has 4 aromatic rings. The zero-order valence-corrected chi connectivity index (χ0v) is 15.7. The maximum Gasteiger partial charge on any atom is 0.203 e. The van der Waals surface area contributed by atoms with Crippen LogP contribution in [0.2, 0.25) is 5.15 Å². The van der Waals surface area contributed by atoms with Crippen LogP contribution < -0.4 is 5.73 Å². The topological polar surface area (TPSA) is 77.0 Å². The Kier molecular flexibility index (Phi) is 3.56. The quantitative estimate of drug-likeness (QED) is 0.468. The molecule has 0 radical (unpaired) electrons. The van der Waals surface area contributed by atoms with E-state index in [0.29, 0.717) is 27.8 Å². The maximum atomic E-state index is 10.7. The molecule has 0 aliphatic heterocycles. The van der Waals surface area contributed by atoms with Crippen molar-refractivity contribution < 1.29 is 5.11 Å². The highest BCUT2D eigenvalue weighted by molar-refractivity contribution is 6.32. The van der Waals surface area contributed by atoms with Crippen LogP contribution in [0.5, 0.6) is 5.88 Å². The lowest BCUT2D eigenvalue weighted by Gasteiger charge is -2.27. The summed E-state index contributed by atoms with van der Waals surface area (Å²) in [6.45, 7) is 1.91. The molecule has 3 N–H and O–H groups in total. The van der Waals surface area contributed by atoms with E-state index in [1.54, 1.807) is 0 Å². The fraction of sp³-hybridized carbons (Fsp3) is 0.238. The van der Waals surface area contributed by atoms with E-state index in [0.717, 1.165) is 40.6 Å². The van der Waals surface area contributed by atoms with Gasteiger partial charge in [-0.3, -0.25) is 0 Å². The highest BCUT2D eigenvalue weighted by atomic mass is 35.5. The van der Waals surface area contributed by atoms with Crippen molar-refractivity contribution in [1.82, 2.24) is 14.5 Å². The van der Waals surface area contributed by atoms with Crippen LogP contribution >= 0.6 is 11.6 Å². The van der Waals surface area contributed by atoms with Crippen molar-refractivity contribution in [3.8, 4) is 17.0 Å². The number of pyridine rings is 2. The fourth-order valence-electron chi connectivity index (χ4n) is 3.87. The van der Waals surface area contributed by atoms with Crippen molar-refractivity contribution in [2.24, 2.45) is 0 Å². The summed E-state index contributed by atoms with van der Waals surface area (Å²) >= 11 is 6.41. The van der Waals surface area contributed by atoms with Crippen molar-refractivity contribution in [3.05, 3.63) is 47.4 Å². The first-order valence-corrected chi connectivity index (χ1v) is 9.47. The number of hydrogen-bond donors (Lipinski definition) is 2. The minimum absolute atomic E-state index is 0.210. The molecule has 3 aromatic heterocycles. The summed E-state index contributed by atoms with van der Waals surface area (Å²) in [7, 11) is 0. The average molecular weight is 379 g/mol. The molecular weight excluding hydrogens is 360 g/mol. The molecular formula is C21H19ClN4O. The van der Waals surface area contributed by atoms with Gasteiger partial charge in [0.05, 0.1) is 22.1 Å². The van der Waals surface area contributed by atoms with E-state index in [4.69, 9.17) is 22.3 Å². The van der Waals surface area contributed by atoms with Gasteiger partial charge in [0.1, 0.15) is 5.15 Å². The SMILES string of the molecule is Cc1ccc(-c2cccc3c(N)c4c(O)n(C5CCC5)cc4nc23)c(Cl)n1. The van der Waals surface area contributed by atoms with E-state index < -0.39 is 0 Å². The second-order valence-electron chi connectivity index (χ2n) is 7.22. The Labute approximate surface area is 161 Å². The van der Waals surface area contributed by atoms with Crippen LogP contribution in [0, 0.1) is 6.92 Å². The standard InChI is InChI=1S/C21H19ClN4O/c1-11-8-9-14(20(22)24-11)13-6-3-7-15-18(23)17-16(25-19(13)15)10-26(21(17)27)12-4-2-5-12/h3,6-10,12,27H,2,4-5,23H2,1H3. The molecule has 27 heavy (non-hydrogen) atoms. The summed E-state index contributed by atoms with van der Waals surface area (Å²) in [6.07, 6.45) is 5.25. The smallest absolute Gasteiger partial charge is 0.203 e. The Bertz CT molecular complexity index is 1210. The van der Waals surface area contributed by atoms with Crippen LogP contribution in [0.25, 0.3) is 32.9 Å². The number of anilines is 1. The van der Waals surface area contributed by atoms with Crippen LogP contribution in [-0.4, -0.2) is 19.6 Å². The molecule has 1 aromatic carbocycles. The second-order valence-corrected chi connectivity index (χ2v) is 7.58. The van der Waals surface area contributed by atoms with E-state index in [1.807, 2.05) is 48.0 Å². The molecule has 5 rings (SSSR count). The molecule has 3 heterocycles. The van der Waals surface area contributed by atoms with E-state index in [9.17, 15) is 5.11 Å². The van der Waals surface area contributed by atoms with Crippen molar-refractivity contribution in [1.29, 1.82) is 0 Å². The zero-order valence-electron chi connectivity index (χ0n) is 14.9. The van der Waals surface area contributed by atoms with E-state index in [-0.39, 0.29) is 5.88 Å². The minimum atomic E-state index is 0.210. The van der Waals surface area contributed by atoms with Crippen LogP contribution in [0.4, 0.5) is 5.69 Å². The molecule has 5 nitrogen and oxygen atoms in total. The maximum absolute atomic E-state index is 10.7. The summed E-state index contributed by atoms with van der Waals surface area (Å²) in [5, 5.41) is 12.6. The number of aromatic nitrogens is 3. The first-order chi connectivity index (χ1) is 13.0. The molecule has 1 saturated carbocycles. The summed E-state index contributed by atoms with van der Waals surface area (Å²) in [5.41, 5.74) is 11.1. The second kappa shape index (κ2) is 5.86. The average Bonchev–Trinajstić information content (AvgIpc) is 2.90. The zero-order chi connectivity index (χ0) is 18.7. The first-order valence-electron chi connectivity index (χ1n) is 9.10. The Hall–Kier alpha value is -2.79. The Balaban J connectivity index is 1.81. The van der Waals surface area contributed by atoms with E-state index in [2.05, 4.69) is 4.98 Å². The van der Waals surface area contributed by atoms with Gasteiger partial charge in [0, 0.05) is 34.4 Å². The molecule has 0 amide bonds. The number of aryl methyl sites for hydroxylation is 1. The predicted molar refractivity (Wildman–Crippen MR) is 109 cm³/mol. The number of fused-ring (bicyclic) bond motifs is 2. The molecule has 1 aliphatic carbocycles. The number of para-hydroxylation sites is 1. The van der Waals surface area contributed by atoms with Gasteiger partial charge in [-0.2, -0.15) is 0 Å². The monoisotopic (exact) mass is 378 g/mol. The third kappa shape index (κ3) is 2.38. The lowest BCUT2D eigenvalue weighted by molar-refractivity contribution is 0.283. The predicted octanol–water partition coefficient (Wildman–Crippen LogP) is 5.23. The van der Waals surface area contributed by atoms with Gasteiger partial charge >= 0.3 is 0 Å². The summed E-state index contributed by atoms with van der Waals surface area (Å²) in [4.78, 5) is 9.22. The van der Waals surface area contributed by atoms with Crippen molar-refractivity contribution in [2.45, 2.75) is 32.2 Å². The van der Waals surface area contributed by atoms with Gasteiger partial charge in [-0.1, -0.05) is 29.8 Å². The fourth-order valence-corrected chi connectivity index (χ4v) is 4.17. The molecule has 0 spiro atoms. The Morgan fingerprint density at radius 2 is 1.96 bits per heavy atom. The normalized spacial score (nSPS) is 14.7. The highest BCUT2D eigenvalue weighted by Gasteiger charge is 2.25. The highest BCUT2D eigenvalue weighted by Crippen LogP contribution is 2.43. The number of nitrogens with zero attached hydrogens (tertiary/aromatic N) is 3. The number of rotatable bonds is 2. The summed E-state index contributed by atoms with van der Waals surface area (Å²) in [5.74, 6) is 0.210. The number of nitrogens with two attached hydrogens (primary N) is 1. The number of nitrogen functional groups attached to an aromatic ring is 1. The number of benzene rings is 1. The molecule has 0 saturated heterocycles. The van der Waals surface area contributed by atoms with Crippen LogP contribution in [-0.2, 0) is 0 Å². The number of hydrogen-bond acceptors (Lipinski definition) is 4. The minimum Gasteiger partial charge on any atom is -0.494 e. The van der Waals surface area contributed by atoms with Gasteiger partial charge in [-0.25, -0.2) is 9.97 Å². The molecule has 1 fully saturated rings. The lowest BCUT2D eigenvalue weighted by Crippen LogP contribution is -2.15. The van der Waals surface area contributed by atoms with Gasteiger partial charge in [0.25, 0.3) is 0 Å². The summed E-state index contributed by atoms with van der Waals surface area (Å²) in [6, 6.07) is 10.0. The molecule has 0 atom stereocenters. The third-order valence-corrected chi connectivity index (χ3v) is 5.85. The first kappa shape index (κ1) is 16.4. The van der Waals surface area contributed by atoms with Crippen LogP contribution in [0.3, 0.4) is 0 Å². The molecule has 1 aliphatic rings. The molecule has 0 unspecified atom stereocenters. The summed E-state index contributed by atoms with van der Waals surface area (Å²) < 4.78 is 1.91. The van der Waals surface area contributed by atoms with Crippen LogP contribution in [0.15, 0.2) is 36.5 Å². The van der Waals surface area contributed by atoms with E-state index in [1.165, 1.54) is 6.42 Å². The van der Waals surface area contributed by atoms with Crippen molar-refractivity contribution in [3.63, 3.8) is 0 Å². The molecule has 0 bridgehead atoms. The van der Waals surface area contributed by atoms with Gasteiger partial charge in [0.2, 0.25) is 5.88 Å². The Morgan fingerprint density at radius 3 is 2.67 bits per heavy atom. The van der Waals surface area contributed by atoms with Gasteiger partial charge in [0.15, 0.2) is 0 Å². The van der Waals surface area contributed by atoms with Gasteiger partial charge in [-0.05, 0) is 38.3 Å². The third-order valence-electron chi connectivity index (χ3n) is 5.56. The molecule has 136 valence electrons. The van der Waals surface area contributed by atoms with Gasteiger partial charge < -0.3 is 15.4 Å². The van der Waals surface area contributed by atoms with Crippen LogP contribution in [0.1, 0.15) is 31.0 Å². The van der Waals surface area contributed by atoms with Gasteiger partial charge in [-0.15, -0.1) is 0 Å². The van der Waals surface area contributed by atoms with Crippen molar-refractivity contribution in [2.75, 3.05) is 5.73 Å². The molecule has 6 heteroatoms. The number of aromatic hydroxyl groups is 1.